The summed E-state index contributed by atoms with van der Waals surface area (Å²) < 4.78 is 5.37. The van der Waals surface area contributed by atoms with E-state index in [-0.39, 0.29) is 5.75 Å². The Balaban J connectivity index is 1.76. The lowest BCUT2D eigenvalue weighted by Gasteiger charge is -2.28. The molecule has 3 rings (SSSR count). The maximum Gasteiger partial charge on any atom is 0.153 e. The van der Waals surface area contributed by atoms with Crippen LogP contribution in [-0.2, 0) is 17.8 Å². The Labute approximate surface area is 137 Å². The van der Waals surface area contributed by atoms with E-state index >= 15 is 0 Å². The molecule has 0 amide bonds. The highest BCUT2D eigenvalue weighted by molar-refractivity contribution is 5.80. The van der Waals surface area contributed by atoms with E-state index in [4.69, 9.17) is 4.74 Å². The Morgan fingerprint density at radius 1 is 1.00 bits per heavy atom. The number of nitrogens with zero attached hydrogens (tertiary/aromatic N) is 2. The number of aldehydes is 1. The second kappa shape index (κ2) is 7.90. The molecule has 0 aromatic heterocycles. The molecule has 5 nitrogen and oxygen atoms in total. The van der Waals surface area contributed by atoms with Gasteiger partial charge in [0, 0.05) is 31.7 Å². The molecule has 1 aromatic carbocycles. The van der Waals surface area contributed by atoms with Crippen LogP contribution in [0.1, 0.15) is 40.7 Å². The van der Waals surface area contributed by atoms with Gasteiger partial charge in [-0.1, -0.05) is 6.42 Å². The van der Waals surface area contributed by atoms with Gasteiger partial charge < -0.3 is 9.84 Å². The van der Waals surface area contributed by atoms with Crippen LogP contribution in [0.5, 0.6) is 5.75 Å². The van der Waals surface area contributed by atoms with Gasteiger partial charge in [-0.3, -0.25) is 14.6 Å². The lowest BCUT2D eigenvalue weighted by Crippen LogP contribution is -2.35. The molecule has 2 aliphatic rings. The minimum atomic E-state index is 0.133. The molecule has 23 heavy (non-hydrogen) atoms. The number of phenolic OH excluding ortho intramolecular Hbond substituents is 1. The number of benzene rings is 1. The number of ether oxygens (including phenoxy) is 1. The van der Waals surface area contributed by atoms with E-state index in [1.807, 2.05) is 6.07 Å². The summed E-state index contributed by atoms with van der Waals surface area (Å²) in [7, 11) is 0. The van der Waals surface area contributed by atoms with E-state index in [1.165, 1.54) is 19.3 Å². The molecule has 1 N–H and O–H groups in total. The molecule has 0 spiro atoms. The fourth-order valence-corrected chi connectivity index (χ4v) is 3.46. The fourth-order valence-electron chi connectivity index (χ4n) is 3.46. The van der Waals surface area contributed by atoms with E-state index in [2.05, 4.69) is 15.9 Å². The number of hydrogen-bond donors (Lipinski definition) is 1. The van der Waals surface area contributed by atoms with Gasteiger partial charge in [-0.25, -0.2) is 0 Å². The van der Waals surface area contributed by atoms with Gasteiger partial charge in [0.1, 0.15) is 5.75 Å². The van der Waals surface area contributed by atoms with Crippen molar-refractivity contribution in [2.75, 3.05) is 39.4 Å². The Kier molecular flexibility index (Phi) is 5.65. The average molecular weight is 318 g/mol. The quantitative estimate of drug-likeness (QED) is 0.842. The predicted octanol–water partition coefficient (Wildman–Crippen LogP) is 2.02. The van der Waals surface area contributed by atoms with Crippen LogP contribution in [0.2, 0.25) is 0 Å². The molecule has 126 valence electrons. The van der Waals surface area contributed by atoms with Gasteiger partial charge in [0.25, 0.3) is 0 Å². The fraction of sp³-hybridized carbons (Fsp3) is 0.611. The first-order valence-electron chi connectivity index (χ1n) is 8.58. The highest BCUT2D eigenvalue weighted by Crippen LogP contribution is 2.26. The highest BCUT2D eigenvalue weighted by atomic mass is 16.5. The van der Waals surface area contributed by atoms with Crippen molar-refractivity contribution in [2.24, 2.45) is 0 Å². The number of carbonyl (C=O) groups is 1. The van der Waals surface area contributed by atoms with Gasteiger partial charge in [-0.05, 0) is 43.6 Å². The van der Waals surface area contributed by atoms with Crippen molar-refractivity contribution < 1.29 is 14.6 Å². The van der Waals surface area contributed by atoms with Gasteiger partial charge in [-0.15, -0.1) is 0 Å². The summed E-state index contributed by atoms with van der Waals surface area (Å²) in [6, 6.07) is 3.89. The Hall–Kier alpha value is -1.43. The largest absolute Gasteiger partial charge is 0.507 e. The van der Waals surface area contributed by atoms with Crippen LogP contribution in [0, 0.1) is 0 Å². The average Bonchev–Trinajstić information content (AvgIpc) is 2.59. The molecule has 5 heteroatoms. The lowest BCUT2D eigenvalue weighted by molar-refractivity contribution is 0.0338. The number of likely N-dealkylation sites (tertiary alicyclic amines) is 1. The Morgan fingerprint density at radius 3 is 2.39 bits per heavy atom. The van der Waals surface area contributed by atoms with Crippen LogP contribution in [0.25, 0.3) is 0 Å². The molecule has 2 aliphatic heterocycles. The van der Waals surface area contributed by atoms with Crippen LogP contribution in [0.4, 0.5) is 0 Å². The minimum Gasteiger partial charge on any atom is -0.507 e. The number of aromatic hydroxyl groups is 1. The maximum absolute atomic E-state index is 11.3. The molecule has 0 aliphatic carbocycles. The zero-order valence-electron chi connectivity index (χ0n) is 13.7. The molecule has 0 bridgehead atoms. The SMILES string of the molecule is O=Cc1cc(CN2CCCCC2)cc(CN2CCOCC2)c1O. The molecular formula is C18H26N2O3. The monoisotopic (exact) mass is 318 g/mol. The summed E-state index contributed by atoms with van der Waals surface area (Å²) in [6.07, 6.45) is 4.57. The van der Waals surface area contributed by atoms with E-state index in [0.29, 0.717) is 12.1 Å². The van der Waals surface area contributed by atoms with Crippen molar-refractivity contribution in [3.8, 4) is 5.75 Å². The summed E-state index contributed by atoms with van der Waals surface area (Å²) in [4.78, 5) is 16.0. The van der Waals surface area contributed by atoms with Crippen LogP contribution < -0.4 is 0 Å². The van der Waals surface area contributed by atoms with Gasteiger partial charge in [0.2, 0.25) is 0 Å². The number of hydrogen-bond acceptors (Lipinski definition) is 5. The van der Waals surface area contributed by atoms with E-state index in [0.717, 1.165) is 63.4 Å². The van der Waals surface area contributed by atoms with Crippen LogP contribution in [0.3, 0.4) is 0 Å². The summed E-state index contributed by atoms with van der Waals surface area (Å²) in [5.41, 5.74) is 2.38. The topological polar surface area (TPSA) is 53.0 Å². The van der Waals surface area contributed by atoms with Crippen molar-refractivity contribution in [1.29, 1.82) is 0 Å². The lowest BCUT2D eigenvalue weighted by atomic mass is 10.0. The van der Waals surface area contributed by atoms with Crippen molar-refractivity contribution in [2.45, 2.75) is 32.4 Å². The predicted molar refractivity (Wildman–Crippen MR) is 88.7 cm³/mol. The van der Waals surface area contributed by atoms with Gasteiger partial charge in [0.15, 0.2) is 6.29 Å². The molecule has 1 aromatic rings. The molecular weight excluding hydrogens is 292 g/mol. The molecule has 0 unspecified atom stereocenters. The van der Waals surface area contributed by atoms with Gasteiger partial charge in [-0.2, -0.15) is 0 Å². The Bertz CT molecular complexity index is 535. The number of morpholine rings is 1. The molecule has 0 radical (unpaired) electrons. The molecule has 0 saturated carbocycles. The minimum absolute atomic E-state index is 0.133. The van der Waals surface area contributed by atoms with Crippen molar-refractivity contribution in [1.82, 2.24) is 9.80 Å². The second-order valence-corrected chi connectivity index (χ2v) is 6.54. The Morgan fingerprint density at radius 2 is 1.70 bits per heavy atom. The third-order valence-electron chi connectivity index (χ3n) is 4.76. The smallest absolute Gasteiger partial charge is 0.153 e. The first-order chi connectivity index (χ1) is 11.3. The normalized spacial score (nSPS) is 20.5. The zero-order valence-corrected chi connectivity index (χ0v) is 13.7. The molecule has 2 saturated heterocycles. The van der Waals surface area contributed by atoms with Crippen molar-refractivity contribution in [3.63, 3.8) is 0 Å². The van der Waals surface area contributed by atoms with Gasteiger partial charge >= 0.3 is 0 Å². The molecule has 2 fully saturated rings. The summed E-state index contributed by atoms with van der Waals surface area (Å²) in [6.45, 7) is 6.97. The van der Waals surface area contributed by atoms with Crippen molar-refractivity contribution in [3.05, 3.63) is 28.8 Å². The van der Waals surface area contributed by atoms with Crippen LogP contribution in [0.15, 0.2) is 12.1 Å². The summed E-state index contributed by atoms with van der Waals surface area (Å²) >= 11 is 0. The van der Waals surface area contributed by atoms with E-state index < -0.39 is 0 Å². The molecule has 2 heterocycles. The van der Waals surface area contributed by atoms with E-state index in [9.17, 15) is 9.90 Å². The summed E-state index contributed by atoms with van der Waals surface area (Å²) in [5, 5.41) is 10.3. The zero-order chi connectivity index (χ0) is 16.1. The maximum atomic E-state index is 11.3. The van der Waals surface area contributed by atoms with Crippen molar-refractivity contribution >= 4 is 6.29 Å². The first-order valence-corrected chi connectivity index (χ1v) is 8.58. The number of carbonyl (C=O) groups excluding carboxylic acids is 1. The third-order valence-corrected chi connectivity index (χ3v) is 4.76. The number of rotatable bonds is 5. The number of phenols is 1. The first kappa shape index (κ1) is 16.4. The second-order valence-electron chi connectivity index (χ2n) is 6.54. The number of piperidine rings is 1. The standard InChI is InChI=1S/C18H26N2O3/c21-14-17-11-15(12-19-4-2-1-3-5-19)10-16(18(17)22)13-20-6-8-23-9-7-20/h10-11,14,22H,1-9,12-13H2. The summed E-state index contributed by atoms with van der Waals surface area (Å²) in [5.74, 6) is 0.133. The highest BCUT2D eigenvalue weighted by Gasteiger charge is 2.17. The van der Waals surface area contributed by atoms with Crippen LogP contribution >= 0.6 is 0 Å². The van der Waals surface area contributed by atoms with Gasteiger partial charge in [0.05, 0.1) is 18.8 Å². The van der Waals surface area contributed by atoms with E-state index in [1.54, 1.807) is 0 Å². The third kappa shape index (κ3) is 4.31. The molecule has 0 atom stereocenters. The van der Waals surface area contributed by atoms with Crippen LogP contribution in [-0.4, -0.2) is 60.6 Å².